The molecule has 0 bridgehead atoms. The van der Waals surface area contributed by atoms with Crippen LogP contribution < -0.4 is 0 Å². The fourth-order valence-corrected chi connectivity index (χ4v) is 1.26. The Kier molecular flexibility index (Phi) is 1.66. The lowest BCUT2D eigenvalue weighted by atomic mass is 10.2. The van der Waals surface area contributed by atoms with Gasteiger partial charge in [0.15, 0.2) is 0 Å². The molecule has 1 heterocycles. The smallest absolute Gasteiger partial charge is 0.126 e. The number of nitrogens with zero attached hydrogens (tertiary/aromatic N) is 2. The molecule has 1 aromatic heterocycles. The summed E-state index contributed by atoms with van der Waals surface area (Å²) < 4.78 is 12.8. The van der Waals surface area contributed by atoms with Crippen LogP contribution in [-0.2, 0) is 0 Å². The largest absolute Gasteiger partial charge is 0.244 e. The highest BCUT2D eigenvalue weighted by atomic mass is 35.5. The summed E-state index contributed by atoms with van der Waals surface area (Å²) in [5, 5.41) is 1.01. The quantitative estimate of drug-likeness (QED) is 0.625. The van der Waals surface area contributed by atoms with Gasteiger partial charge in [0.25, 0.3) is 0 Å². The molecule has 0 aliphatic rings. The van der Waals surface area contributed by atoms with E-state index < -0.39 is 0 Å². The summed E-state index contributed by atoms with van der Waals surface area (Å²) in [7, 11) is 0. The number of aromatic nitrogens is 2. The predicted octanol–water partition coefficient (Wildman–Crippen LogP) is 2.42. The van der Waals surface area contributed by atoms with Crippen molar-refractivity contribution in [2.75, 3.05) is 0 Å². The molecule has 1 aromatic carbocycles. The van der Waals surface area contributed by atoms with Gasteiger partial charge in [0.05, 0.1) is 10.5 Å². The van der Waals surface area contributed by atoms with E-state index in [-0.39, 0.29) is 5.82 Å². The first kappa shape index (κ1) is 7.43. The molecule has 0 aliphatic heterocycles. The van der Waals surface area contributed by atoms with Crippen LogP contribution in [0.5, 0.6) is 0 Å². The third kappa shape index (κ3) is 1.12. The molecule has 4 heteroatoms. The van der Waals surface area contributed by atoms with Crippen LogP contribution in [0, 0.1) is 5.82 Å². The van der Waals surface area contributed by atoms with E-state index >= 15 is 0 Å². The van der Waals surface area contributed by atoms with Crippen LogP contribution >= 0.6 is 11.6 Å². The number of hydrogen-bond donors (Lipinski definition) is 0. The van der Waals surface area contributed by atoms with E-state index in [9.17, 15) is 4.39 Å². The lowest BCUT2D eigenvalue weighted by Crippen LogP contribution is -1.83. The molecule has 0 atom stereocenters. The van der Waals surface area contributed by atoms with Gasteiger partial charge in [-0.1, -0.05) is 11.6 Å². The van der Waals surface area contributed by atoms with Crippen molar-refractivity contribution in [3.63, 3.8) is 0 Å². The normalized spacial score (nSPS) is 10.5. The van der Waals surface area contributed by atoms with Crippen LogP contribution in [0.15, 0.2) is 24.7 Å². The average molecular weight is 183 g/mol. The first-order valence-corrected chi connectivity index (χ1v) is 3.70. The summed E-state index contributed by atoms with van der Waals surface area (Å²) >= 11 is 5.74. The van der Waals surface area contributed by atoms with E-state index in [4.69, 9.17) is 11.6 Å². The van der Waals surface area contributed by atoms with Crippen LogP contribution in [-0.4, -0.2) is 9.97 Å². The van der Waals surface area contributed by atoms with Gasteiger partial charge >= 0.3 is 0 Å². The minimum atomic E-state index is -0.383. The van der Waals surface area contributed by atoms with E-state index in [2.05, 4.69) is 9.97 Å². The Balaban J connectivity index is 2.89. The molecular formula is C8H4ClFN2. The van der Waals surface area contributed by atoms with Gasteiger partial charge in [-0.25, -0.2) is 14.4 Å². The highest BCUT2D eigenvalue weighted by Gasteiger charge is 2.01. The average Bonchev–Trinajstić information content (AvgIpc) is 2.04. The Morgan fingerprint density at radius 3 is 3.00 bits per heavy atom. The van der Waals surface area contributed by atoms with Gasteiger partial charge in [-0.15, -0.1) is 0 Å². The van der Waals surface area contributed by atoms with Crippen molar-refractivity contribution >= 4 is 22.5 Å². The van der Waals surface area contributed by atoms with Gasteiger partial charge in [-0.05, 0) is 6.07 Å². The fraction of sp³-hybridized carbons (Fsp3) is 0. The molecule has 0 spiro atoms. The lowest BCUT2D eigenvalue weighted by Gasteiger charge is -1.97. The van der Waals surface area contributed by atoms with E-state index in [1.807, 2.05) is 0 Å². The van der Waals surface area contributed by atoms with Crippen molar-refractivity contribution < 1.29 is 4.39 Å². The lowest BCUT2D eigenvalue weighted by molar-refractivity contribution is 0.629. The zero-order chi connectivity index (χ0) is 8.55. The number of halogens is 2. The minimum Gasteiger partial charge on any atom is -0.244 e. The molecule has 12 heavy (non-hydrogen) atoms. The number of benzene rings is 1. The standard InChI is InChI=1S/C8H4ClFN2/c9-7-1-5(10)2-8-6(7)3-11-4-12-8/h1-4H. The van der Waals surface area contributed by atoms with Crippen molar-refractivity contribution in [2.24, 2.45) is 0 Å². The maximum atomic E-state index is 12.8. The Morgan fingerprint density at radius 2 is 2.17 bits per heavy atom. The molecule has 0 fully saturated rings. The topological polar surface area (TPSA) is 25.8 Å². The zero-order valence-electron chi connectivity index (χ0n) is 5.96. The molecule has 2 rings (SSSR count). The van der Waals surface area contributed by atoms with E-state index in [1.54, 1.807) is 6.20 Å². The molecule has 2 aromatic rings. The van der Waals surface area contributed by atoms with Gasteiger partial charge in [0.2, 0.25) is 0 Å². The zero-order valence-corrected chi connectivity index (χ0v) is 6.72. The molecule has 0 N–H and O–H groups in total. The van der Waals surface area contributed by atoms with Gasteiger partial charge in [-0.2, -0.15) is 0 Å². The third-order valence-corrected chi connectivity index (χ3v) is 1.85. The summed E-state index contributed by atoms with van der Waals surface area (Å²) in [6.45, 7) is 0. The molecule has 0 amide bonds. The molecular weight excluding hydrogens is 179 g/mol. The monoisotopic (exact) mass is 182 g/mol. The van der Waals surface area contributed by atoms with E-state index in [0.717, 1.165) is 0 Å². The van der Waals surface area contributed by atoms with Crippen molar-refractivity contribution in [3.05, 3.63) is 35.5 Å². The van der Waals surface area contributed by atoms with Crippen molar-refractivity contribution in [1.29, 1.82) is 0 Å². The van der Waals surface area contributed by atoms with Crippen LogP contribution in [0.1, 0.15) is 0 Å². The van der Waals surface area contributed by atoms with Crippen LogP contribution in [0.2, 0.25) is 5.02 Å². The second-order valence-electron chi connectivity index (χ2n) is 2.34. The summed E-state index contributed by atoms with van der Waals surface area (Å²) in [4.78, 5) is 7.65. The highest BCUT2D eigenvalue weighted by Crippen LogP contribution is 2.21. The molecule has 0 unspecified atom stereocenters. The van der Waals surface area contributed by atoms with E-state index in [1.165, 1.54) is 18.5 Å². The Labute approximate surface area is 73.0 Å². The maximum absolute atomic E-state index is 12.8. The second kappa shape index (κ2) is 2.68. The third-order valence-electron chi connectivity index (χ3n) is 1.54. The SMILES string of the molecule is Fc1cc(Cl)c2cncnc2c1. The number of hydrogen-bond acceptors (Lipinski definition) is 2. The van der Waals surface area contributed by atoms with Crippen LogP contribution in [0.25, 0.3) is 10.9 Å². The minimum absolute atomic E-state index is 0.339. The van der Waals surface area contributed by atoms with Gasteiger partial charge in [-0.3, -0.25) is 0 Å². The first-order chi connectivity index (χ1) is 5.77. The van der Waals surface area contributed by atoms with Crippen molar-refractivity contribution in [2.45, 2.75) is 0 Å². The summed E-state index contributed by atoms with van der Waals surface area (Å²) in [5.74, 6) is -0.383. The molecule has 60 valence electrons. The molecule has 0 aliphatic carbocycles. The predicted molar refractivity (Wildman–Crippen MR) is 44.5 cm³/mol. The van der Waals surface area contributed by atoms with Crippen molar-refractivity contribution in [1.82, 2.24) is 9.97 Å². The summed E-state index contributed by atoms with van der Waals surface area (Å²) in [6.07, 6.45) is 2.92. The fourth-order valence-electron chi connectivity index (χ4n) is 1.01. The summed E-state index contributed by atoms with van der Waals surface area (Å²) in [5.41, 5.74) is 0.523. The maximum Gasteiger partial charge on any atom is 0.126 e. The molecule has 2 nitrogen and oxygen atoms in total. The first-order valence-electron chi connectivity index (χ1n) is 3.32. The van der Waals surface area contributed by atoms with Gasteiger partial charge in [0.1, 0.15) is 12.1 Å². The second-order valence-corrected chi connectivity index (χ2v) is 2.75. The van der Waals surface area contributed by atoms with E-state index in [0.29, 0.717) is 15.9 Å². The Bertz CT molecular complexity index is 430. The van der Waals surface area contributed by atoms with Gasteiger partial charge in [0, 0.05) is 17.6 Å². The Hall–Kier alpha value is -1.22. The Morgan fingerprint density at radius 1 is 1.33 bits per heavy atom. The highest BCUT2D eigenvalue weighted by molar-refractivity contribution is 6.35. The van der Waals surface area contributed by atoms with Crippen molar-refractivity contribution in [3.8, 4) is 0 Å². The molecule has 0 saturated heterocycles. The number of rotatable bonds is 0. The van der Waals surface area contributed by atoms with Crippen LogP contribution in [0.4, 0.5) is 4.39 Å². The summed E-state index contributed by atoms with van der Waals surface area (Å²) in [6, 6.07) is 2.57. The number of fused-ring (bicyclic) bond motifs is 1. The molecule has 0 saturated carbocycles. The molecule has 0 radical (unpaired) electrons. The van der Waals surface area contributed by atoms with Gasteiger partial charge < -0.3 is 0 Å². The van der Waals surface area contributed by atoms with Crippen LogP contribution in [0.3, 0.4) is 0 Å².